The zero-order valence-corrected chi connectivity index (χ0v) is 15.1. The molecule has 0 aliphatic carbocycles. The van der Waals surface area contributed by atoms with E-state index in [0.29, 0.717) is 6.04 Å². The molecule has 4 heterocycles. The Hall–Kier alpha value is -1.37. The van der Waals surface area contributed by atoms with Gasteiger partial charge in [0.2, 0.25) is 0 Å². The Morgan fingerprint density at radius 2 is 2.04 bits per heavy atom. The second-order valence-electron chi connectivity index (χ2n) is 6.60. The lowest BCUT2D eigenvalue weighted by Crippen LogP contribution is -2.41. The maximum atomic E-state index is 12.5. The molecule has 24 heavy (non-hydrogen) atoms. The lowest BCUT2D eigenvalue weighted by Gasteiger charge is -2.26. The molecule has 0 saturated carbocycles. The summed E-state index contributed by atoms with van der Waals surface area (Å²) in [5.41, 5.74) is 2.58. The molecule has 0 spiro atoms. The van der Waals surface area contributed by atoms with Gasteiger partial charge < -0.3 is 10.2 Å². The normalized spacial score (nSPS) is 26.1. The molecule has 3 saturated heterocycles. The van der Waals surface area contributed by atoms with Crippen molar-refractivity contribution in [2.75, 3.05) is 19.6 Å². The second-order valence-corrected chi connectivity index (χ2v) is 8.86. The minimum Gasteiger partial charge on any atom is -0.348 e. The van der Waals surface area contributed by atoms with E-state index in [-0.39, 0.29) is 5.91 Å². The molecule has 1 amide bonds. The number of aromatic nitrogens is 1. The van der Waals surface area contributed by atoms with Gasteiger partial charge in [0, 0.05) is 23.0 Å². The predicted octanol–water partition coefficient (Wildman–Crippen LogP) is 3.51. The molecule has 5 rings (SSSR count). The summed E-state index contributed by atoms with van der Waals surface area (Å²) in [4.78, 5) is 20.2. The molecular weight excluding hydrogens is 338 g/mol. The van der Waals surface area contributed by atoms with Crippen LogP contribution in [0.3, 0.4) is 0 Å². The summed E-state index contributed by atoms with van der Waals surface area (Å²) in [7, 11) is 0. The lowest BCUT2D eigenvalue weighted by molar-refractivity contribution is 0.0929. The maximum absolute atomic E-state index is 12.5. The molecule has 2 aromatic rings. The number of amides is 1. The number of carbonyl (C=O) groups is 1. The number of carbonyl (C=O) groups excluding carboxylic acids is 1. The summed E-state index contributed by atoms with van der Waals surface area (Å²) >= 11 is 3.31. The zero-order valence-electron chi connectivity index (χ0n) is 13.5. The fraction of sp³-hybridized carbons (Fsp3) is 0.444. The summed E-state index contributed by atoms with van der Waals surface area (Å²) < 4.78 is 1.16. The van der Waals surface area contributed by atoms with E-state index in [0.717, 1.165) is 33.6 Å². The number of piperidine rings is 1. The Bertz CT molecular complexity index is 665. The van der Waals surface area contributed by atoms with Gasteiger partial charge in [-0.1, -0.05) is 11.8 Å². The quantitative estimate of drug-likeness (QED) is 0.907. The molecule has 1 unspecified atom stereocenters. The van der Waals surface area contributed by atoms with Crippen molar-refractivity contribution in [3.8, 4) is 0 Å². The van der Waals surface area contributed by atoms with Crippen LogP contribution < -0.4 is 5.32 Å². The Morgan fingerprint density at radius 1 is 1.25 bits per heavy atom. The van der Waals surface area contributed by atoms with E-state index in [2.05, 4.69) is 15.2 Å². The van der Waals surface area contributed by atoms with E-state index in [9.17, 15) is 4.79 Å². The number of benzene rings is 1. The Kier molecular flexibility index (Phi) is 4.87. The van der Waals surface area contributed by atoms with E-state index >= 15 is 0 Å². The first kappa shape index (κ1) is 16.1. The molecule has 3 aliphatic heterocycles. The number of thiazole rings is 1. The number of nitrogens with zero attached hydrogens (tertiary/aromatic N) is 2. The Balaban J connectivity index is 1.37. The van der Waals surface area contributed by atoms with Gasteiger partial charge in [0.1, 0.15) is 0 Å². The summed E-state index contributed by atoms with van der Waals surface area (Å²) in [6.45, 7) is 3.39. The molecule has 2 bridgehead atoms. The summed E-state index contributed by atoms with van der Waals surface area (Å²) in [6.07, 6.45) is 5.57. The van der Waals surface area contributed by atoms with Crippen molar-refractivity contribution in [2.24, 2.45) is 5.92 Å². The number of hydrogen-bond acceptors (Lipinski definition) is 5. The molecule has 1 N–H and O–H groups in total. The van der Waals surface area contributed by atoms with Crippen LogP contribution in [-0.2, 0) is 0 Å². The predicted molar refractivity (Wildman–Crippen MR) is 97.7 cm³/mol. The Labute approximate surface area is 150 Å². The average Bonchev–Trinajstić information content (AvgIpc) is 2.94. The average molecular weight is 360 g/mol. The SMILES string of the molecule is O=C(NC1CC2CCN(CC2)C1)c1ccc(Sc2cncs2)cc1. The first-order valence-electron chi connectivity index (χ1n) is 8.46. The first-order valence-corrected chi connectivity index (χ1v) is 10.2. The van der Waals surface area contributed by atoms with Crippen LogP contribution in [0.1, 0.15) is 29.6 Å². The van der Waals surface area contributed by atoms with Gasteiger partial charge in [-0.25, -0.2) is 0 Å². The van der Waals surface area contributed by atoms with Crippen molar-refractivity contribution in [2.45, 2.75) is 34.4 Å². The molecule has 0 radical (unpaired) electrons. The van der Waals surface area contributed by atoms with E-state index in [1.165, 1.54) is 25.9 Å². The van der Waals surface area contributed by atoms with Gasteiger partial charge in [0.25, 0.3) is 5.91 Å². The second kappa shape index (κ2) is 7.25. The van der Waals surface area contributed by atoms with Gasteiger partial charge in [-0.15, -0.1) is 11.3 Å². The van der Waals surface area contributed by atoms with Crippen molar-refractivity contribution in [3.05, 3.63) is 41.5 Å². The van der Waals surface area contributed by atoms with Crippen molar-refractivity contribution >= 4 is 29.0 Å². The zero-order chi connectivity index (χ0) is 16.4. The summed E-state index contributed by atoms with van der Waals surface area (Å²) in [5.74, 6) is 0.837. The van der Waals surface area contributed by atoms with Crippen LogP contribution in [0.15, 0.2) is 45.1 Å². The fourth-order valence-corrected chi connectivity index (χ4v) is 5.19. The van der Waals surface area contributed by atoms with Crippen LogP contribution in [0.5, 0.6) is 0 Å². The van der Waals surface area contributed by atoms with Gasteiger partial charge >= 0.3 is 0 Å². The molecule has 4 nitrogen and oxygen atoms in total. The van der Waals surface area contributed by atoms with Crippen molar-refractivity contribution in [1.29, 1.82) is 0 Å². The lowest BCUT2D eigenvalue weighted by atomic mass is 9.94. The van der Waals surface area contributed by atoms with E-state index in [4.69, 9.17) is 0 Å². The Morgan fingerprint density at radius 3 is 2.75 bits per heavy atom. The van der Waals surface area contributed by atoms with Crippen molar-refractivity contribution in [1.82, 2.24) is 15.2 Å². The maximum Gasteiger partial charge on any atom is 0.251 e. The molecule has 6 heteroatoms. The molecule has 126 valence electrons. The summed E-state index contributed by atoms with van der Waals surface area (Å²) in [6, 6.07) is 8.16. The molecular formula is C18H21N3OS2. The van der Waals surface area contributed by atoms with Crippen molar-refractivity contribution in [3.63, 3.8) is 0 Å². The third-order valence-electron chi connectivity index (χ3n) is 4.88. The highest BCUT2D eigenvalue weighted by Crippen LogP contribution is 2.30. The van der Waals surface area contributed by atoms with Gasteiger partial charge in [-0.3, -0.25) is 9.78 Å². The van der Waals surface area contributed by atoms with Crippen molar-refractivity contribution < 1.29 is 4.79 Å². The van der Waals surface area contributed by atoms with Crippen LogP contribution in [0.25, 0.3) is 0 Å². The largest absolute Gasteiger partial charge is 0.348 e. The van der Waals surface area contributed by atoms with E-state index in [1.807, 2.05) is 36.0 Å². The van der Waals surface area contributed by atoms with Crippen LogP contribution >= 0.6 is 23.1 Å². The van der Waals surface area contributed by atoms with Gasteiger partial charge in [-0.2, -0.15) is 0 Å². The van der Waals surface area contributed by atoms with Gasteiger partial charge in [0.05, 0.1) is 15.9 Å². The molecule has 3 aliphatic rings. The minimum absolute atomic E-state index is 0.0526. The third kappa shape index (κ3) is 3.82. The summed E-state index contributed by atoms with van der Waals surface area (Å²) in [5, 5.41) is 3.25. The van der Waals surface area contributed by atoms with Crippen LogP contribution in [-0.4, -0.2) is 41.5 Å². The number of nitrogens with one attached hydrogen (secondary N) is 1. The van der Waals surface area contributed by atoms with Crippen LogP contribution in [0.4, 0.5) is 0 Å². The highest BCUT2D eigenvalue weighted by molar-refractivity contribution is 8.01. The van der Waals surface area contributed by atoms with E-state index in [1.54, 1.807) is 23.1 Å². The monoisotopic (exact) mass is 359 g/mol. The minimum atomic E-state index is 0.0526. The smallest absolute Gasteiger partial charge is 0.251 e. The molecule has 1 aromatic heterocycles. The van der Waals surface area contributed by atoms with E-state index < -0.39 is 0 Å². The molecule has 3 fully saturated rings. The highest BCUT2D eigenvalue weighted by Gasteiger charge is 2.29. The number of rotatable bonds is 4. The number of fused-ring (bicyclic) bond motifs is 4. The standard InChI is InChI=1S/C18H21N3OS2/c22-18(20-15-9-13-5-7-21(11-15)8-6-13)14-1-3-16(4-2-14)24-17-10-19-12-23-17/h1-4,10,12-13,15H,5-9,11H2,(H,20,22). The van der Waals surface area contributed by atoms with Gasteiger partial charge in [-0.05, 0) is 62.5 Å². The fourth-order valence-electron chi connectivity index (χ4n) is 3.61. The molecule has 1 atom stereocenters. The molecule has 1 aromatic carbocycles. The number of hydrogen-bond donors (Lipinski definition) is 1. The van der Waals surface area contributed by atoms with Crippen LogP contribution in [0, 0.1) is 5.92 Å². The third-order valence-corrected chi connectivity index (χ3v) is 6.80. The van der Waals surface area contributed by atoms with Crippen LogP contribution in [0.2, 0.25) is 0 Å². The van der Waals surface area contributed by atoms with Gasteiger partial charge in [0.15, 0.2) is 0 Å². The topological polar surface area (TPSA) is 45.2 Å². The highest BCUT2D eigenvalue weighted by atomic mass is 32.2. The first-order chi connectivity index (χ1) is 11.8.